The molecule has 19 heavy (non-hydrogen) atoms. The number of H-pyrrole nitrogens is 1. The van der Waals surface area contributed by atoms with Gasteiger partial charge in [0.15, 0.2) is 5.82 Å². The molecule has 102 valence electrons. The van der Waals surface area contributed by atoms with Crippen LogP contribution in [0.5, 0.6) is 0 Å². The zero-order chi connectivity index (χ0) is 13.9. The van der Waals surface area contributed by atoms with Crippen molar-refractivity contribution in [2.24, 2.45) is 0 Å². The molecule has 1 aromatic carbocycles. The number of benzene rings is 1. The third kappa shape index (κ3) is 3.79. The van der Waals surface area contributed by atoms with Gasteiger partial charge in [-0.2, -0.15) is 0 Å². The zero-order valence-corrected chi connectivity index (χ0v) is 11.6. The third-order valence-corrected chi connectivity index (χ3v) is 2.67. The minimum atomic E-state index is -0.174. The Bertz CT molecular complexity index is 535. The van der Waals surface area contributed by atoms with Crippen molar-refractivity contribution in [1.29, 1.82) is 0 Å². The van der Waals surface area contributed by atoms with Gasteiger partial charge in [-0.15, -0.1) is 0 Å². The van der Waals surface area contributed by atoms with Gasteiger partial charge in [-0.25, -0.2) is 4.98 Å². The van der Waals surface area contributed by atoms with E-state index >= 15 is 0 Å². The van der Waals surface area contributed by atoms with E-state index in [1.54, 1.807) is 0 Å². The minimum Gasteiger partial charge on any atom is -0.348 e. The third-order valence-electron chi connectivity index (χ3n) is 2.67. The lowest BCUT2D eigenvalue weighted by Gasteiger charge is -2.20. The second-order valence-corrected chi connectivity index (χ2v) is 5.54. The van der Waals surface area contributed by atoms with E-state index in [0.717, 1.165) is 17.6 Å². The lowest BCUT2D eigenvalue weighted by atomic mass is 10.1. The lowest BCUT2D eigenvalue weighted by molar-refractivity contribution is 0.0944. The van der Waals surface area contributed by atoms with Gasteiger partial charge in [0, 0.05) is 18.6 Å². The molecule has 1 heterocycles. The van der Waals surface area contributed by atoms with Gasteiger partial charge in [-0.05, 0) is 32.9 Å². The maximum atomic E-state index is 11.9. The summed E-state index contributed by atoms with van der Waals surface area (Å²) in [5.41, 5.74) is 1.74. The van der Waals surface area contributed by atoms with Crippen LogP contribution < -0.4 is 10.6 Å². The molecule has 0 bridgehead atoms. The van der Waals surface area contributed by atoms with Crippen LogP contribution in [0.15, 0.2) is 24.3 Å². The molecule has 1 amide bonds. The summed E-state index contributed by atoms with van der Waals surface area (Å²) in [6, 6.07) is 7.59. The van der Waals surface area contributed by atoms with Crippen molar-refractivity contribution in [1.82, 2.24) is 20.6 Å². The molecule has 0 saturated heterocycles. The maximum Gasteiger partial charge on any atom is 0.287 e. The number of carbonyl (C=O) groups excluding carboxylic acids is 1. The number of nitrogens with zero attached hydrogens (tertiary/aromatic N) is 1. The van der Waals surface area contributed by atoms with Gasteiger partial charge in [-0.1, -0.05) is 12.1 Å². The van der Waals surface area contributed by atoms with Crippen molar-refractivity contribution in [3.05, 3.63) is 30.1 Å². The molecule has 0 spiro atoms. The highest BCUT2D eigenvalue weighted by molar-refractivity contribution is 5.94. The van der Waals surface area contributed by atoms with Crippen molar-refractivity contribution < 1.29 is 4.79 Å². The summed E-state index contributed by atoms with van der Waals surface area (Å²) in [7, 11) is 0. The van der Waals surface area contributed by atoms with Crippen LogP contribution >= 0.6 is 0 Å². The van der Waals surface area contributed by atoms with E-state index < -0.39 is 0 Å². The molecule has 0 aliphatic rings. The SMILES string of the molecule is CC(C)(C)NCCNC(=O)c1nc2ccccc2[nH]1. The molecule has 1 aromatic heterocycles. The van der Waals surface area contributed by atoms with Gasteiger partial charge < -0.3 is 15.6 Å². The Morgan fingerprint density at radius 1 is 1.26 bits per heavy atom. The summed E-state index contributed by atoms with van der Waals surface area (Å²) in [5.74, 6) is 0.184. The molecule has 5 heteroatoms. The van der Waals surface area contributed by atoms with Gasteiger partial charge in [0.05, 0.1) is 11.0 Å². The van der Waals surface area contributed by atoms with Crippen molar-refractivity contribution in [3.63, 3.8) is 0 Å². The van der Waals surface area contributed by atoms with Gasteiger partial charge in [0.25, 0.3) is 5.91 Å². The number of imidazole rings is 1. The van der Waals surface area contributed by atoms with Crippen LogP contribution in [-0.4, -0.2) is 34.5 Å². The Kier molecular flexibility index (Phi) is 3.85. The Morgan fingerprint density at radius 2 is 2.00 bits per heavy atom. The molecule has 0 fully saturated rings. The highest BCUT2D eigenvalue weighted by atomic mass is 16.2. The minimum absolute atomic E-state index is 0.0596. The molecule has 0 radical (unpaired) electrons. The number of carbonyl (C=O) groups is 1. The molecule has 0 atom stereocenters. The number of aromatic nitrogens is 2. The first-order valence-corrected chi connectivity index (χ1v) is 6.44. The summed E-state index contributed by atoms with van der Waals surface area (Å²) < 4.78 is 0. The average molecular weight is 260 g/mol. The van der Waals surface area contributed by atoms with Crippen LogP contribution in [0.1, 0.15) is 31.4 Å². The number of aromatic amines is 1. The van der Waals surface area contributed by atoms with Crippen LogP contribution in [0.25, 0.3) is 11.0 Å². The van der Waals surface area contributed by atoms with Crippen LogP contribution in [0.2, 0.25) is 0 Å². The van der Waals surface area contributed by atoms with E-state index in [2.05, 4.69) is 41.4 Å². The Balaban J connectivity index is 1.89. The summed E-state index contributed by atoms with van der Waals surface area (Å²) in [6.07, 6.45) is 0. The molecular weight excluding hydrogens is 240 g/mol. The van der Waals surface area contributed by atoms with Crippen molar-refractivity contribution >= 4 is 16.9 Å². The normalized spacial score (nSPS) is 11.7. The topological polar surface area (TPSA) is 69.8 Å². The predicted octanol–water partition coefficient (Wildman–Crippen LogP) is 1.68. The monoisotopic (exact) mass is 260 g/mol. The predicted molar refractivity (Wildman–Crippen MR) is 76.2 cm³/mol. The van der Waals surface area contributed by atoms with E-state index in [0.29, 0.717) is 12.4 Å². The second kappa shape index (κ2) is 5.40. The first-order chi connectivity index (χ1) is 8.96. The largest absolute Gasteiger partial charge is 0.348 e. The highest BCUT2D eigenvalue weighted by Gasteiger charge is 2.11. The number of rotatable bonds is 4. The molecule has 2 rings (SSSR count). The maximum absolute atomic E-state index is 11.9. The van der Waals surface area contributed by atoms with Gasteiger partial charge in [0.2, 0.25) is 0 Å². The highest BCUT2D eigenvalue weighted by Crippen LogP contribution is 2.09. The number of hydrogen-bond donors (Lipinski definition) is 3. The Morgan fingerprint density at radius 3 is 2.68 bits per heavy atom. The molecule has 0 saturated carbocycles. The van der Waals surface area contributed by atoms with Crippen molar-refractivity contribution in [2.45, 2.75) is 26.3 Å². The number of nitrogens with one attached hydrogen (secondary N) is 3. The fourth-order valence-corrected chi connectivity index (χ4v) is 1.76. The van der Waals surface area contributed by atoms with Gasteiger partial charge >= 0.3 is 0 Å². The standard InChI is InChI=1S/C14H20N4O/c1-14(2,3)16-9-8-15-13(19)12-17-10-6-4-5-7-11(10)18-12/h4-7,16H,8-9H2,1-3H3,(H,15,19)(H,17,18). The summed E-state index contributed by atoms with van der Waals surface area (Å²) in [4.78, 5) is 19.2. The van der Waals surface area contributed by atoms with E-state index in [-0.39, 0.29) is 11.4 Å². The van der Waals surface area contributed by atoms with E-state index in [9.17, 15) is 4.79 Å². The van der Waals surface area contributed by atoms with Gasteiger partial charge in [-0.3, -0.25) is 4.79 Å². The number of fused-ring (bicyclic) bond motifs is 1. The van der Waals surface area contributed by atoms with Gasteiger partial charge in [0.1, 0.15) is 0 Å². The van der Waals surface area contributed by atoms with Crippen LogP contribution in [0.3, 0.4) is 0 Å². The first kappa shape index (κ1) is 13.5. The Hall–Kier alpha value is -1.88. The number of hydrogen-bond acceptors (Lipinski definition) is 3. The smallest absolute Gasteiger partial charge is 0.287 e. The fraction of sp³-hybridized carbons (Fsp3) is 0.429. The van der Waals surface area contributed by atoms with E-state index in [1.165, 1.54) is 0 Å². The summed E-state index contributed by atoms with van der Waals surface area (Å²) in [5, 5.41) is 6.15. The molecular formula is C14H20N4O. The summed E-state index contributed by atoms with van der Waals surface area (Å²) >= 11 is 0. The van der Waals surface area contributed by atoms with E-state index in [1.807, 2.05) is 24.3 Å². The quantitative estimate of drug-likeness (QED) is 0.733. The fourth-order valence-electron chi connectivity index (χ4n) is 1.76. The van der Waals surface area contributed by atoms with Crippen molar-refractivity contribution in [3.8, 4) is 0 Å². The van der Waals surface area contributed by atoms with Crippen LogP contribution in [-0.2, 0) is 0 Å². The summed E-state index contributed by atoms with van der Waals surface area (Å²) in [6.45, 7) is 7.58. The zero-order valence-electron chi connectivity index (χ0n) is 11.6. The van der Waals surface area contributed by atoms with Crippen LogP contribution in [0, 0.1) is 0 Å². The van der Waals surface area contributed by atoms with Crippen molar-refractivity contribution in [2.75, 3.05) is 13.1 Å². The molecule has 2 aromatic rings. The molecule has 0 unspecified atom stereocenters. The van der Waals surface area contributed by atoms with Crippen LogP contribution in [0.4, 0.5) is 0 Å². The molecule has 0 aliphatic heterocycles. The lowest BCUT2D eigenvalue weighted by Crippen LogP contribution is -2.41. The number of para-hydroxylation sites is 2. The molecule has 5 nitrogen and oxygen atoms in total. The number of amides is 1. The second-order valence-electron chi connectivity index (χ2n) is 5.54. The molecule has 3 N–H and O–H groups in total. The average Bonchev–Trinajstić information content (AvgIpc) is 2.77. The first-order valence-electron chi connectivity index (χ1n) is 6.44. The van der Waals surface area contributed by atoms with E-state index in [4.69, 9.17) is 0 Å². The molecule has 0 aliphatic carbocycles. The Labute approximate surface area is 112 Å².